The molecule has 2 heterocycles. The summed E-state index contributed by atoms with van der Waals surface area (Å²) in [5.41, 5.74) is 6.93. The SMILES string of the molecule is NC(=O)COc1ccc(NC(=O)N2CCN(c3cc(C4CC4)[nH]n3)CC2)cc1. The molecule has 2 aliphatic rings. The molecule has 9 nitrogen and oxygen atoms in total. The molecule has 1 saturated heterocycles. The highest BCUT2D eigenvalue weighted by molar-refractivity contribution is 5.89. The molecule has 2 fully saturated rings. The molecule has 148 valence electrons. The number of primary amides is 1. The fourth-order valence-corrected chi connectivity index (χ4v) is 3.22. The van der Waals surface area contributed by atoms with Crippen molar-refractivity contribution in [1.29, 1.82) is 0 Å². The second kappa shape index (κ2) is 7.79. The maximum absolute atomic E-state index is 12.5. The van der Waals surface area contributed by atoms with Crippen LogP contribution in [0.25, 0.3) is 0 Å². The molecule has 1 aliphatic heterocycles. The van der Waals surface area contributed by atoms with Crippen LogP contribution < -0.4 is 20.7 Å². The molecule has 3 amide bonds. The van der Waals surface area contributed by atoms with E-state index in [1.165, 1.54) is 18.5 Å². The van der Waals surface area contributed by atoms with E-state index in [1.807, 2.05) is 0 Å². The molecule has 1 aromatic heterocycles. The summed E-state index contributed by atoms with van der Waals surface area (Å²) in [6.45, 7) is 2.60. The van der Waals surface area contributed by atoms with Gasteiger partial charge in [-0.25, -0.2) is 4.79 Å². The van der Waals surface area contributed by atoms with E-state index in [0.29, 0.717) is 30.4 Å². The first-order valence-corrected chi connectivity index (χ1v) is 9.46. The van der Waals surface area contributed by atoms with Crippen LogP contribution in [0.1, 0.15) is 24.5 Å². The number of piperazine rings is 1. The molecule has 1 aromatic carbocycles. The van der Waals surface area contributed by atoms with E-state index in [0.717, 1.165) is 18.9 Å². The van der Waals surface area contributed by atoms with Crippen molar-refractivity contribution in [1.82, 2.24) is 15.1 Å². The number of benzene rings is 1. The summed E-state index contributed by atoms with van der Waals surface area (Å²) in [6, 6.07) is 8.83. The summed E-state index contributed by atoms with van der Waals surface area (Å²) >= 11 is 0. The highest BCUT2D eigenvalue weighted by Gasteiger charge is 2.27. The average Bonchev–Trinajstić information content (AvgIpc) is 3.44. The summed E-state index contributed by atoms with van der Waals surface area (Å²) in [5.74, 6) is 1.61. The van der Waals surface area contributed by atoms with Crippen molar-refractivity contribution in [2.45, 2.75) is 18.8 Å². The lowest BCUT2D eigenvalue weighted by atomic mass is 10.2. The maximum Gasteiger partial charge on any atom is 0.321 e. The van der Waals surface area contributed by atoms with E-state index < -0.39 is 5.91 Å². The van der Waals surface area contributed by atoms with Crippen molar-refractivity contribution >= 4 is 23.4 Å². The minimum absolute atomic E-state index is 0.133. The lowest BCUT2D eigenvalue weighted by Gasteiger charge is -2.34. The van der Waals surface area contributed by atoms with Gasteiger partial charge in [-0.3, -0.25) is 9.89 Å². The number of amides is 3. The van der Waals surface area contributed by atoms with Gasteiger partial charge in [0.1, 0.15) is 5.75 Å². The number of H-pyrrole nitrogens is 1. The van der Waals surface area contributed by atoms with Crippen LogP contribution in [0.3, 0.4) is 0 Å². The van der Waals surface area contributed by atoms with Crippen molar-refractivity contribution in [2.24, 2.45) is 5.73 Å². The Hall–Kier alpha value is -3.23. The second-order valence-corrected chi connectivity index (χ2v) is 7.14. The molecule has 4 rings (SSSR count). The van der Waals surface area contributed by atoms with Gasteiger partial charge in [-0.15, -0.1) is 0 Å². The van der Waals surface area contributed by atoms with E-state index in [9.17, 15) is 9.59 Å². The lowest BCUT2D eigenvalue weighted by molar-refractivity contribution is -0.119. The minimum Gasteiger partial charge on any atom is -0.484 e. The van der Waals surface area contributed by atoms with Crippen LogP contribution in [0.15, 0.2) is 30.3 Å². The van der Waals surface area contributed by atoms with Crippen LogP contribution in [-0.2, 0) is 4.79 Å². The number of ether oxygens (including phenoxy) is 1. The number of urea groups is 1. The molecule has 4 N–H and O–H groups in total. The second-order valence-electron chi connectivity index (χ2n) is 7.14. The quantitative estimate of drug-likeness (QED) is 0.698. The standard InChI is InChI=1S/C19H24N6O3/c20-17(26)12-28-15-5-3-14(4-6-15)21-19(27)25-9-7-24(8-10-25)18-11-16(22-23-18)13-1-2-13/h3-6,11,13H,1-2,7-10,12H2,(H2,20,26)(H,21,27)(H,22,23). The van der Waals surface area contributed by atoms with Gasteiger partial charge in [0.2, 0.25) is 0 Å². The van der Waals surface area contributed by atoms with E-state index in [4.69, 9.17) is 10.5 Å². The number of carbonyl (C=O) groups is 2. The van der Waals surface area contributed by atoms with Crippen molar-refractivity contribution in [2.75, 3.05) is 43.0 Å². The number of nitrogens with two attached hydrogens (primary N) is 1. The smallest absolute Gasteiger partial charge is 0.321 e. The third-order valence-electron chi connectivity index (χ3n) is 4.98. The Balaban J connectivity index is 1.26. The highest BCUT2D eigenvalue weighted by Crippen LogP contribution is 2.39. The maximum atomic E-state index is 12.5. The Morgan fingerprint density at radius 2 is 1.89 bits per heavy atom. The van der Waals surface area contributed by atoms with Gasteiger partial charge in [0.25, 0.3) is 5.91 Å². The Morgan fingerprint density at radius 3 is 2.54 bits per heavy atom. The van der Waals surface area contributed by atoms with Crippen LogP contribution in [0, 0.1) is 0 Å². The number of aromatic nitrogens is 2. The van der Waals surface area contributed by atoms with Crippen molar-refractivity contribution in [3.05, 3.63) is 36.0 Å². The number of aromatic amines is 1. The van der Waals surface area contributed by atoms with Crippen LogP contribution in [0.5, 0.6) is 5.75 Å². The predicted octanol–water partition coefficient (Wildman–Crippen LogP) is 1.51. The first-order valence-electron chi connectivity index (χ1n) is 9.46. The summed E-state index contributed by atoms with van der Waals surface area (Å²) in [4.78, 5) is 27.2. The Bertz CT molecular complexity index is 838. The molecular weight excluding hydrogens is 360 g/mol. The summed E-state index contributed by atoms with van der Waals surface area (Å²) in [7, 11) is 0. The third-order valence-corrected chi connectivity index (χ3v) is 4.98. The van der Waals surface area contributed by atoms with Gasteiger partial charge in [-0.1, -0.05) is 0 Å². The van der Waals surface area contributed by atoms with Gasteiger partial charge < -0.3 is 25.6 Å². The number of nitrogens with one attached hydrogen (secondary N) is 2. The average molecular weight is 384 g/mol. The fraction of sp³-hybridized carbons (Fsp3) is 0.421. The van der Waals surface area contributed by atoms with E-state index in [2.05, 4.69) is 26.5 Å². The molecule has 9 heteroatoms. The monoisotopic (exact) mass is 384 g/mol. The number of nitrogens with zero attached hydrogens (tertiary/aromatic N) is 3. The van der Waals surface area contributed by atoms with Gasteiger partial charge in [0.15, 0.2) is 12.4 Å². The minimum atomic E-state index is -0.532. The highest BCUT2D eigenvalue weighted by atomic mass is 16.5. The molecule has 1 saturated carbocycles. The van der Waals surface area contributed by atoms with Gasteiger partial charge in [-0.2, -0.15) is 5.10 Å². The first-order chi connectivity index (χ1) is 13.6. The van der Waals surface area contributed by atoms with Crippen LogP contribution in [0.4, 0.5) is 16.3 Å². The molecular formula is C19H24N6O3. The van der Waals surface area contributed by atoms with Gasteiger partial charge in [0.05, 0.1) is 0 Å². The number of hydrogen-bond acceptors (Lipinski definition) is 5. The predicted molar refractivity (Wildman–Crippen MR) is 104 cm³/mol. The number of anilines is 2. The summed E-state index contributed by atoms with van der Waals surface area (Å²) in [6.07, 6.45) is 2.49. The Morgan fingerprint density at radius 1 is 1.18 bits per heavy atom. The fourth-order valence-electron chi connectivity index (χ4n) is 3.22. The molecule has 0 atom stereocenters. The first kappa shape index (κ1) is 18.1. The molecule has 1 aliphatic carbocycles. The zero-order chi connectivity index (χ0) is 19.5. The van der Waals surface area contributed by atoms with Crippen molar-refractivity contribution in [3.63, 3.8) is 0 Å². The van der Waals surface area contributed by atoms with Crippen LogP contribution in [0.2, 0.25) is 0 Å². The zero-order valence-corrected chi connectivity index (χ0v) is 15.6. The van der Waals surface area contributed by atoms with E-state index in [-0.39, 0.29) is 12.6 Å². The lowest BCUT2D eigenvalue weighted by Crippen LogP contribution is -2.50. The molecule has 0 spiro atoms. The van der Waals surface area contributed by atoms with Gasteiger partial charge in [0, 0.05) is 49.5 Å². The number of rotatable bonds is 6. The number of carbonyl (C=O) groups excluding carboxylic acids is 2. The molecule has 0 bridgehead atoms. The largest absolute Gasteiger partial charge is 0.484 e. The topological polar surface area (TPSA) is 117 Å². The Kier molecular flexibility index (Phi) is 5.05. The van der Waals surface area contributed by atoms with Crippen LogP contribution in [-0.4, -0.2) is 59.8 Å². The van der Waals surface area contributed by atoms with E-state index in [1.54, 1.807) is 29.2 Å². The zero-order valence-electron chi connectivity index (χ0n) is 15.6. The normalized spacial score (nSPS) is 16.7. The van der Waals surface area contributed by atoms with Crippen molar-refractivity contribution in [3.8, 4) is 5.75 Å². The van der Waals surface area contributed by atoms with E-state index >= 15 is 0 Å². The summed E-state index contributed by atoms with van der Waals surface area (Å²) in [5, 5.41) is 10.4. The van der Waals surface area contributed by atoms with Gasteiger partial charge >= 0.3 is 6.03 Å². The third kappa shape index (κ3) is 4.36. The van der Waals surface area contributed by atoms with Gasteiger partial charge in [-0.05, 0) is 37.1 Å². The van der Waals surface area contributed by atoms with Crippen LogP contribution >= 0.6 is 0 Å². The summed E-state index contributed by atoms with van der Waals surface area (Å²) < 4.78 is 5.21. The molecule has 0 unspecified atom stereocenters. The molecule has 2 aromatic rings. The molecule has 0 radical (unpaired) electrons. The molecule has 28 heavy (non-hydrogen) atoms. The number of hydrogen-bond donors (Lipinski definition) is 3. The Labute approximate surface area is 162 Å². The van der Waals surface area contributed by atoms with Crippen molar-refractivity contribution < 1.29 is 14.3 Å².